The first-order valence-corrected chi connectivity index (χ1v) is 8.31. The molecule has 3 rings (SSSR count). The Hall–Kier alpha value is -2.11. The fourth-order valence-corrected chi connectivity index (χ4v) is 3.41. The standard InChI is InChI=1S/C18H15NO2S2/c1-12-5-3-4-6-14(12)11-21-16-9-7-15(8-10-16)19-17(20)13(2)23-18(19)22/h3-10H,2,11H2,1H3. The fraction of sp³-hybridized carbons (Fsp3) is 0.111. The van der Waals surface area contributed by atoms with Crippen molar-refractivity contribution in [2.45, 2.75) is 13.5 Å². The van der Waals surface area contributed by atoms with Gasteiger partial charge in [0.25, 0.3) is 5.91 Å². The van der Waals surface area contributed by atoms with Gasteiger partial charge >= 0.3 is 0 Å². The Bertz CT molecular complexity index is 784. The van der Waals surface area contributed by atoms with Crippen molar-refractivity contribution >= 4 is 39.9 Å². The molecule has 0 bridgehead atoms. The molecule has 0 aromatic heterocycles. The summed E-state index contributed by atoms with van der Waals surface area (Å²) in [5, 5.41) is 0. The molecule has 23 heavy (non-hydrogen) atoms. The summed E-state index contributed by atoms with van der Waals surface area (Å²) in [6.07, 6.45) is 0. The molecule has 1 fully saturated rings. The summed E-state index contributed by atoms with van der Waals surface area (Å²) in [6.45, 7) is 6.29. The molecule has 3 nitrogen and oxygen atoms in total. The van der Waals surface area contributed by atoms with Crippen molar-refractivity contribution in [2.24, 2.45) is 0 Å². The number of rotatable bonds is 4. The van der Waals surface area contributed by atoms with Crippen LogP contribution in [-0.4, -0.2) is 10.2 Å². The third-order valence-electron chi connectivity index (χ3n) is 3.59. The third kappa shape index (κ3) is 3.30. The molecule has 0 radical (unpaired) electrons. The Labute approximate surface area is 144 Å². The highest BCUT2D eigenvalue weighted by atomic mass is 32.2. The van der Waals surface area contributed by atoms with Gasteiger partial charge in [-0.05, 0) is 42.3 Å². The highest BCUT2D eigenvalue weighted by molar-refractivity contribution is 8.27. The van der Waals surface area contributed by atoms with Crippen LogP contribution in [-0.2, 0) is 11.4 Å². The molecule has 0 unspecified atom stereocenters. The number of benzene rings is 2. The van der Waals surface area contributed by atoms with E-state index in [-0.39, 0.29) is 5.91 Å². The van der Waals surface area contributed by atoms with Gasteiger partial charge in [-0.1, -0.05) is 54.8 Å². The first-order chi connectivity index (χ1) is 11.1. The lowest BCUT2D eigenvalue weighted by Gasteiger charge is -2.15. The summed E-state index contributed by atoms with van der Waals surface area (Å²) < 4.78 is 6.31. The van der Waals surface area contributed by atoms with Crippen LogP contribution in [0.5, 0.6) is 5.75 Å². The normalized spacial score (nSPS) is 14.5. The van der Waals surface area contributed by atoms with Gasteiger partial charge in [0.1, 0.15) is 12.4 Å². The van der Waals surface area contributed by atoms with E-state index < -0.39 is 0 Å². The van der Waals surface area contributed by atoms with Crippen molar-refractivity contribution in [2.75, 3.05) is 4.90 Å². The Morgan fingerprint density at radius 2 is 1.87 bits per heavy atom. The molecule has 1 heterocycles. The number of ether oxygens (including phenoxy) is 1. The maximum absolute atomic E-state index is 12.0. The number of hydrogen-bond acceptors (Lipinski definition) is 4. The van der Waals surface area contributed by atoms with Crippen LogP contribution in [0.15, 0.2) is 60.0 Å². The Balaban J connectivity index is 1.70. The average molecular weight is 341 g/mol. The highest BCUT2D eigenvalue weighted by Gasteiger charge is 2.31. The van der Waals surface area contributed by atoms with E-state index in [2.05, 4.69) is 19.6 Å². The van der Waals surface area contributed by atoms with Crippen LogP contribution >= 0.6 is 24.0 Å². The maximum atomic E-state index is 12.0. The Morgan fingerprint density at radius 3 is 2.48 bits per heavy atom. The van der Waals surface area contributed by atoms with Crippen LogP contribution in [0.25, 0.3) is 0 Å². The van der Waals surface area contributed by atoms with E-state index in [4.69, 9.17) is 17.0 Å². The summed E-state index contributed by atoms with van der Waals surface area (Å²) in [4.78, 5) is 14.0. The van der Waals surface area contributed by atoms with E-state index in [1.807, 2.05) is 42.5 Å². The van der Waals surface area contributed by atoms with Crippen molar-refractivity contribution in [3.05, 3.63) is 71.1 Å². The molecule has 0 atom stereocenters. The number of thioether (sulfide) groups is 1. The summed E-state index contributed by atoms with van der Waals surface area (Å²) in [7, 11) is 0. The van der Waals surface area contributed by atoms with Crippen LogP contribution in [0, 0.1) is 6.92 Å². The van der Waals surface area contributed by atoms with E-state index in [1.54, 1.807) is 0 Å². The molecule has 1 aliphatic heterocycles. The number of carbonyl (C=O) groups excluding carboxylic acids is 1. The zero-order valence-electron chi connectivity index (χ0n) is 12.6. The minimum absolute atomic E-state index is 0.159. The van der Waals surface area contributed by atoms with Crippen molar-refractivity contribution < 1.29 is 9.53 Å². The van der Waals surface area contributed by atoms with Crippen molar-refractivity contribution in [3.63, 3.8) is 0 Å². The largest absolute Gasteiger partial charge is 0.489 e. The third-order valence-corrected chi connectivity index (χ3v) is 4.80. The SMILES string of the molecule is C=C1SC(=S)N(c2ccc(OCc3ccccc3C)cc2)C1=O. The van der Waals surface area contributed by atoms with E-state index >= 15 is 0 Å². The predicted octanol–water partition coefficient (Wildman–Crippen LogP) is 4.45. The van der Waals surface area contributed by atoms with Crippen LogP contribution < -0.4 is 9.64 Å². The molecule has 0 spiro atoms. The van der Waals surface area contributed by atoms with E-state index in [0.29, 0.717) is 15.8 Å². The maximum Gasteiger partial charge on any atom is 0.270 e. The molecule has 5 heteroatoms. The van der Waals surface area contributed by atoms with Gasteiger partial charge in [0.2, 0.25) is 0 Å². The predicted molar refractivity (Wildman–Crippen MR) is 98.8 cm³/mol. The molecule has 0 saturated carbocycles. The van der Waals surface area contributed by atoms with Crippen LogP contribution in [0.1, 0.15) is 11.1 Å². The lowest BCUT2D eigenvalue weighted by Crippen LogP contribution is -2.27. The summed E-state index contributed by atoms with van der Waals surface area (Å²) in [6, 6.07) is 15.5. The van der Waals surface area contributed by atoms with Crippen LogP contribution in [0.4, 0.5) is 5.69 Å². The highest BCUT2D eigenvalue weighted by Crippen LogP contribution is 2.34. The average Bonchev–Trinajstić information content (AvgIpc) is 2.80. The minimum Gasteiger partial charge on any atom is -0.489 e. The quantitative estimate of drug-likeness (QED) is 0.607. The summed E-state index contributed by atoms with van der Waals surface area (Å²) >= 11 is 6.44. The molecule has 0 aliphatic carbocycles. The van der Waals surface area contributed by atoms with E-state index in [0.717, 1.165) is 17.0 Å². The zero-order valence-corrected chi connectivity index (χ0v) is 14.2. The molecule has 116 valence electrons. The van der Waals surface area contributed by atoms with Gasteiger partial charge in [0.15, 0.2) is 4.32 Å². The molecule has 2 aromatic carbocycles. The van der Waals surface area contributed by atoms with Crippen molar-refractivity contribution in [1.82, 2.24) is 0 Å². The number of thiocarbonyl (C=S) groups is 1. The van der Waals surface area contributed by atoms with Gasteiger partial charge in [-0.25, -0.2) is 0 Å². The van der Waals surface area contributed by atoms with Crippen LogP contribution in [0.2, 0.25) is 0 Å². The molecular weight excluding hydrogens is 326 g/mol. The van der Waals surface area contributed by atoms with Crippen molar-refractivity contribution in [3.8, 4) is 5.75 Å². The Morgan fingerprint density at radius 1 is 1.17 bits per heavy atom. The topological polar surface area (TPSA) is 29.5 Å². The van der Waals surface area contributed by atoms with Gasteiger partial charge in [-0.15, -0.1) is 0 Å². The molecule has 2 aromatic rings. The second kappa shape index (κ2) is 6.56. The number of hydrogen-bond donors (Lipinski definition) is 0. The summed E-state index contributed by atoms with van der Waals surface area (Å²) in [5.41, 5.74) is 3.09. The smallest absolute Gasteiger partial charge is 0.270 e. The monoisotopic (exact) mass is 341 g/mol. The number of carbonyl (C=O) groups is 1. The van der Waals surface area contributed by atoms with Gasteiger partial charge < -0.3 is 4.74 Å². The molecule has 0 N–H and O–H groups in total. The summed E-state index contributed by atoms with van der Waals surface area (Å²) in [5.74, 6) is 0.592. The lowest BCUT2D eigenvalue weighted by atomic mass is 10.1. The molecule has 1 saturated heterocycles. The molecule has 1 aliphatic rings. The number of amides is 1. The zero-order chi connectivity index (χ0) is 16.4. The first-order valence-electron chi connectivity index (χ1n) is 7.09. The number of anilines is 1. The Kier molecular flexibility index (Phi) is 4.50. The van der Waals surface area contributed by atoms with E-state index in [9.17, 15) is 4.79 Å². The molecular formula is C18H15NO2S2. The van der Waals surface area contributed by atoms with Gasteiger partial charge in [0.05, 0.1) is 10.6 Å². The fourth-order valence-electron chi connectivity index (χ4n) is 2.25. The van der Waals surface area contributed by atoms with E-state index in [1.165, 1.54) is 22.2 Å². The lowest BCUT2D eigenvalue weighted by molar-refractivity contribution is -0.113. The van der Waals surface area contributed by atoms with Gasteiger partial charge in [-0.2, -0.15) is 0 Å². The van der Waals surface area contributed by atoms with Crippen LogP contribution in [0.3, 0.4) is 0 Å². The second-order valence-corrected chi connectivity index (χ2v) is 6.87. The minimum atomic E-state index is -0.159. The number of aryl methyl sites for hydroxylation is 1. The molecule has 1 amide bonds. The van der Waals surface area contributed by atoms with Gasteiger partial charge in [-0.3, -0.25) is 9.69 Å². The van der Waals surface area contributed by atoms with Gasteiger partial charge in [0, 0.05) is 0 Å². The van der Waals surface area contributed by atoms with Crippen molar-refractivity contribution in [1.29, 1.82) is 0 Å². The number of nitrogens with zero attached hydrogens (tertiary/aromatic N) is 1. The second-order valence-electron chi connectivity index (χ2n) is 5.14. The first kappa shape index (κ1) is 15.8.